The summed E-state index contributed by atoms with van der Waals surface area (Å²) in [5.74, 6) is 0.539. The van der Waals surface area contributed by atoms with E-state index in [0.29, 0.717) is 31.0 Å². The molecular formula is C21H20N4O3. The van der Waals surface area contributed by atoms with Crippen molar-refractivity contribution in [3.05, 3.63) is 65.7 Å². The molecule has 0 unspecified atom stereocenters. The van der Waals surface area contributed by atoms with Gasteiger partial charge in [-0.15, -0.1) is 0 Å². The van der Waals surface area contributed by atoms with Gasteiger partial charge in [-0.3, -0.25) is 9.78 Å². The number of furan rings is 1. The molecule has 7 heteroatoms. The number of hydrogen-bond donors (Lipinski definition) is 3. The smallest absolute Gasteiger partial charge is 0.287 e. The van der Waals surface area contributed by atoms with Gasteiger partial charge in [-0.25, -0.2) is 0 Å². The minimum Gasteiger partial charge on any atom is -0.450 e. The van der Waals surface area contributed by atoms with E-state index in [1.54, 1.807) is 18.5 Å². The Morgan fingerprint density at radius 3 is 2.71 bits per heavy atom. The lowest BCUT2D eigenvalue weighted by Crippen LogP contribution is -2.28. The van der Waals surface area contributed by atoms with Gasteiger partial charge < -0.3 is 20.7 Å². The molecule has 0 atom stereocenters. The van der Waals surface area contributed by atoms with Crippen molar-refractivity contribution < 1.29 is 14.4 Å². The lowest BCUT2D eigenvalue weighted by Gasteiger charge is -2.06. The van der Waals surface area contributed by atoms with E-state index in [0.717, 1.165) is 34.2 Å². The first kappa shape index (κ1) is 17.9. The van der Waals surface area contributed by atoms with Crippen molar-refractivity contribution in [2.45, 2.75) is 12.8 Å². The van der Waals surface area contributed by atoms with Crippen LogP contribution in [-0.2, 0) is 6.42 Å². The van der Waals surface area contributed by atoms with E-state index in [-0.39, 0.29) is 11.7 Å². The third kappa shape index (κ3) is 3.27. The van der Waals surface area contributed by atoms with E-state index in [4.69, 9.17) is 15.4 Å². The van der Waals surface area contributed by atoms with Crippen LogP contribution in [0.2, 0.25) is 0 Å². The molecule has 1 aliphatic rings. The third-order valence-corrected chi connectivity index (χ3v) is 4.81. The maximum atomic E-state index is 12.4. The zero-order valence-electron chi connectivity index (χ0n) is 15.2. The summed E-state index contributed by atoms with van der Waals surface area (Å²) in [5, 5.41) is 15.2. The highest BCUT2D eigenvalue weighted by Crippen LogP contribution is 2.37. The zero-order chi connectivity index (χ0) is 19.5. The van der Waals surface area contributed by atoms with Gasteiger partial charge in [0.25, 0.3) is 5.91 Å². The number of oxime groups is 1. The van der Waals surface area contributed by atoms with E-state index >= 15 is 0 Å². The molecule has 1 aromatic carbocycles. The molecule has 0 fully saturated rings. The molecule has 0 aliphatic heterocycles. The number of fused-ring (bicyclic) bond motifs is 1. The van der Waals surface area contributed by atoms with Crippen LogP contribution in [0.3, 0.4) is 0 Å². The number of nitrogens with zero attached hydrogens (tertiary/aromatic N) is 2. The lowest BCUT2D eigenvalue weighted by molar-refractivity contribution is 0.0928. The number of pyridine rings is 1. The molecule has 7 nitrogen and oxygen atoms in total. The Hall–Kier alpha value is -3.45. The molecule has 2 aromatic heterocycles. The second kappa shape index (κ2) is 7.66. The average molecular weight is 376 g/mol. The van der Waals surface area contributed by atoms with Crippen molar-refractivity contribution in [3.8, 4) is 22.5 Å². The van der Waals surface area contributed by atoms with Crippen LogP contribution < -0.4 is 11.1 Å². The number of rotatable bonds is 5. The number of nitrogens with two attached hydrogens (primary N) is 1. The largest absolute Gasteiger partial charge is 0.450 e. The Morgan fingerprint density at radius 1 is 1.14 bits per heavy atom. The average Bonchev–Trinajstić information content (AvgIpc) is 3.36. The molecule has 0 saturated carbocycles. The summed E-state index contributed by atoms with van der Waals surface area (Å²) in [7, 11) is 0. The molecule has 142 valence electrons. The van der Waals surface area contributed by atoms with Gasteiger partial charge in [0.15, 0.2) is 5.76 Å². The molecule has 0 bridgehead atoms. The van der Waals surface area contributed by atoms with Gasteiger partial charge >= 0.3 is 0 Å². The minimum atomic E-state index is -0.303. The SMILES string of the molecule is NCCNC(=O)c1cc(-c2ccncc2)c(-c2ccc3c(c2)CCC3=NO)o1. The van der Waals surface area contributed by atoms with Crippen molar-refractivity contribution in [2.75, 3.05) is 13.1 Å². The highest BCUT2D eigenvalue weighted by Gasteiger charge is 2.23. The van der Waals surface area contributed by atoms with Gasteiger partial charge in [0.05, 0.1) is 5.71 Å². The number of carbonyl (C=O) groups is 1. The topological polar surface area (TPSA) is 114 Å². The van der Waals surface area contributed by atoms with Crippen molar-refractivity contribution in [3.63, 3.8) is 0 Å². The van der Waals surface area contributed by atoms with E-state index < -0.39 is 0 Å². The minimum absolute atomic E-state index is 0.230. The van der Waals surface area contributed by atoms with Gasteiger partial charge in [0, 0.05) is 42.2 Å². The second-order valence-electron chi connectivity index (χ2n) is 6.55. The molecule has 0 spiro atoms. The Labute approximate surface area is 161 Å². The number of aryl methyl sites for hydroxylation is 1. The van der Waals surface area contributed by atoms with Crippen LogP contribution in [0.25, 0.3) is 22.5 Å². The highest BCUT2D eigenvalue weighted by atomic mass is 16.4. The normalized spacial score (nSPS) is 14.2. The molecule has 3 aromatic rings. The maximum absolute atomic E-state index is 12.4. The van der Waals surface area contributed by atoms with Gasteiger partial charge in [-0.2, -0.15) is 0 Å². The van der Waals surface area contributed by atoms with Crippen LogP contribution in [0.1, 0.15) is 28.1 Å². The molecule has 0 saturated heterocycles. The zero-order valence-corrected chi connectivity index (χ0v) is 15.2. The first-order valence-electron chi connectivity index (χ1n) is 9.08. The maximum Gasteiger partial charge on any atom is 0.287 e. The number of hydrogen-bond acceptors (Lipinski definition) is 6. The quantitative estimate of drug-likeness (QED) is 0.468. The summed E-state index contributed by atoms with van der Waals surface area (Å²) in [5.41, 5.74) is 10.8. The van der Waals surface area contributed by atoms with E-state index in [2.05, 4.69) is 15.5 Å². The van der Waals surface area contributed by atoms with Crippen LogP contribution in [0.5, 0.6) is 0 Å². The number of aromatic nitrogens is 1. The molecule has 1 aliphatic carbocycles. The first-order valence-corrected chi connectivity index (χ1v) is 9.08. The molecule has 2 heterocycles. The van der Waals surface area contributed by atoms with Gasteiger partial charge in [0.2, 0.25) is 0 Å². The predicted octanol–water partition coefficient (Wildman–Crippen LogP) is 2.82. The summed E-state index contributed by atoms with van der Waals surface area (Å²) < 4.78 is 5.97. The highest BCUT2D eigenvalue weighted by molar-refractivity contribution is 6.04. The fourth-order valence-corrected chi connectivity index (χ4v) is 3.45. The molecule has 0 radical (unpaired) electrons. The summed E-state index contributed by atoms with van der Waals surface area (Å²) in [4.78, 5) is 16.4. The van der Waals surface area contributed by atoms with Crippen LogP contribution in [0.15, 0.2) is 58.4 Å². The number of amides is 1. The van der Waals surface area contributed by atoms with Crippen LogP contribution in [0.4, 0.5) is 0 Å². The Bertz CT molecular complexity index is 1040. The van der Waals surface area contributed by atoms with Crippen LogP contribution in [-0.4, -0.2) is 34.9 Å². The summed E-state index contributed by atoms with van der Waals surface area (Å²) in [6.45, 7) is 0.734. The molecular weight excluding hydrogens is 356 g/mol. The third-order valence-electron chi connectivity index (χ3n) is 4.81. The Morgan fingerprint density at radius 2 is 1.96 bits per heavy atom. The van der Waals surface area contributed by atoms with Crippen molar-refractivity contribution in [2.24, 2.45) is 10.9 Å². The molecule has 4 rings (SSSR count). The van der Waals surface area contributed by atoms with Crippen LogP contribution >= 0.6 is 0 Å². The van der Waals surface area contributed by atoms with Crippen molar-refractivity contribution in [1.82, 2.24) is 10.3 Å². The fraction of sp³-hybridized carbons (Fsp3) is 0.190. The number of carbonyl (C=O) groups excluding carboxylic acids is 1. The predicted molar refractivity (Wildman–Crippen MR) is 105 cm³/mol. The molecule has 28 heavy (non-hydrogen) atoms. The summed E-state index contributed by atoms with van der Waals surface area (Å²) in [6, 6.07) is 11.4. The molecule has 4 N–H and O–H groups in total. The first-order chi connectivity index (χ1) is 13.7. The Kier molecular flexibility index (Phi) is 4.90. The fourth-order valence-electron chi connectivity index (χ4n) is 3.45. The summed E-state index contributed by atoms with van der Waals surface area (Å²) in [6.07, 6.45) is 4.91. The molecule has 1 amide bonds. The van der Waals surface area contributed by atoms with E-state index in [9.17, 15) is 4.79 Å². The number of nitrogens with one attached hydrogen (secondary N) is 1. The second-order valence-corrected chi connectivity index (χ2v) is 6.55. The van der Waals surface area contributed by atoms with E-state index in [1.807, 2.05) is 30.3 Å². The van der Waals surface area contributed by atoms with Gasteiger partial charge in [-0.1, -0.05) is 17.3 Å². The van der Waals surface area contributed by atoms with Crippen molar-refractivity contribution >= 4 is 11.6 Å². The van der Waals surface area contributed by atoms with Crippen LogP contribution in [0, 0.1) is 0 Å². The standard InChI is InChI=1S/C21H20N4O3/c22-7-10-24-21(26)19-12-17(13-5-8-23-9-6-13)20(28-19)15-1-3-16-14(11-15)2-4-18(16)25-27/h1,3,5-6,8-9,11-12,27H,2,4,7,10,22H2,(H,24,26). The van der Waals surface area contributed by atoms with Gasteiger partial charge in [-0.05, 0) is 48.2 Å². The van der Waals surface area contributed by atoms with Crippen molar-refractivity contribution in [1.29, 1.82) is 0 Å². The lowest BCUT2D eigenvalue weighted by atomic mass is 9.99. The van der Waals surface area contributed by atoms with Gasteiger partial charge in [0.1, 0.15) is 5.76 Å². The summed E-state index contributed by atoms with van der Waals surface area (Å²) >= 11 is 0. The van der Waals surface area contributed by atoms with E-state index in [1.165, 1.54) is 0 Å². The number of benzene rings is 1. The monoisotopic (exact) mass is 376 g/mol. The Balaban J connectivity index is 1.79.